The first-order valence-electron chi connectivity index (χ1n) is 9.60. The van der Waals surface area contributed by atoms with Crippen LogP contribution in [0.1, 0.15) is 25.0 Å². The molecule has 4 heteroatoms. The van der Waals surface area contributed by atoms with Crippen molar-refractivity contribution in [2.75, 3.05) is 40.5 Å². The minimum Gasteiger partial charge on any atom is -1.00 e. The molecular weight excluding hydrogens is 358 g/mol. The Morgan fingerprint density at radius 2 is 1.44 bits per heavy atom. The number of nitrogens with zero attached hydrogens (tertiary/aromatic N) is 1. The Bertz CT molecular complexity index is 627. The summed E-state index contributed by atoms with van der Waals surface area (Å²) >= 11 is 0. The third-order valence-corrected chi connectivity index (χ3v) is 4.36. The zero-order chi connectivity index (χ0) is 18.8. The van der Waals surface area contributed by atoms with Gasteiger partial charge in [0, 0.05) is 5.56 Å². The standard InChI is InChI=1S/C23H34NO2.ClH/c1-20(2)18-21-10-12-22(13-11-21)19-24(3,4)14-15-25-16-17-26-23-8-6-5-7-9-23;/h5-13,20H,14-19H2,1-4H3;1H/q+1;/p-1. The number of rotatable bonds is 11. The summed E-state index contributed by atoms with van der Waals surface area (Å²) in [4.78, 5) is 0. The van der Waals surface area contributed by atoms with Gasteiger partial charge in [-0.25, -0.2) is 0 Å². The second-order valence-electron chi connectivity index (χ2n) is 8.01. The first-order valence-corrected chi connectivity index (χ1v) is 9.60. The van der Waals surface area contributed by atoms with E-state index in [0.717, 1.165) is 36.3 Å². The van der Waals surface area contributed by atoms with Crippen molar-refractivity contribution in [3.63, 3.8) is 0 Å². The van der Waals surface area contributed by atoms with E-state index in [1.165, 1.54) is 11.1 Å². The van der Waals surface area contributed by atoms with E-state index in [-0.39, 0.29) is 12.4 Å². The van der Waals surface area contributed by atoms with E-state index in [2.05, 4.69) is 52.2 Å². The Kier molecular flexibility index (Phi) is 10.5. The third kappa shape index (κ3) is 9.81. The van der Waals surface area contributed by atoms with Gasteiger partial charge in [0.15, 0.2) is 0 Å². The van der Waals surface area contributed by atoms with Gasteiger partial charge in [-0.2, -0.15) is 0 Å². The van der Waals surface area contributed by atoms with Gasteiger partial charge in [-0.1, -0.05) is 56.3 Å². The number of likely N-dealkylation sites (N-methyl/N-ethyl adjacent to an activating group) is 1. The Balaban J connectivity index is 0.00000364. The lowest BCUT2D eigenvalue weighted by molar-refractivity contribution is -0.904. The third-order valence-electron chi connectivity index (χ3n) is 4.36. The first kappa shape index (κ1) is 23.5. The average molecular weight is 392 g/mol. The number of hydrogen-bond donors (Lipinski definition) is 0. The molecule has 0 N–H and O–H groups in total. The van der Waals surface area contributed by atoms with Crippen LogP contribution in [-0.4, -0.2) is 44.9 Å². The number of halogens is 1. The second kappa shape index (κ2) is 12.0. The SMILES string of the molecule is CC(C)Cc1ccc(C[N+](C)(C)CCOCCOc2ccccc2)cc1.[Cl-]. The molecule has 0 aliphatic heterocycles. The summed E-state index contributed by atoms with van der Waals surface area (Å²) in [6.07, 6.45) is 1.15. The molecule has 0 heterocycles. The van der Waals surface area contributed by atoms with E-state index in [1.807, 2.05) is 30.3 Å². The highest BCUT2D eigenvalue weighted by Gasteiger charge is 2.15. The van der Waals surface area contributed by atoms with E-state index >= 15 is 0 Å². The molecule has 0 saturated heterocycles. The average Bonchev–Trinajstić information content (AvgIpc) is 2.60. The van der Waals surface area contributed by atoms with Crippen LogP contribution in [0.4, 0.5) is 0 Å². The number of quaternary nitrogens is 1. The van der Waals surface area contributed by atoms with E-state index in [4.69, 9.17) is 9.47 Å². The maximum absolute atomic E-state index is 5.75. The maximum atomic E-state index is 5.75. The van der Waals surface area contributed by atoms with Gasteiger partial charge in [0.05, 0.1) is 27.3 Å². The largest absolute Gasteiger partial charge is 1.00 e. The van der Waals surface area contributed by atoms with Crippen LogP contribution in [0.25, 0.3) is 0 Å². The zero-order valence-corrected chi connectivity index (χ0v) is 17.9. The minimum atomic E-state index is 0. The molecule has 0 saturated carbocycles. The molecule has 0 bridgehead atoms. The highest BCUT2D eigenvalue weighted by Crippen LogP contribution is 2.13. The van der Waals surface area contributed by atoms with Gasteiger partial charge < -0.3 is 26.4 Å². The van der Waals surface area contributed by atoms with Gasteiger partial charge in [0.2, 0.25) is 0 Å². The Morgan fingerprint density at radius 1 is 0.815 bits per heavy atom. The quantitative estimate of drug-likeness (QED) is 0.427. The van der Waals surface area contributed by atoms with Gasteiger partial charge in [-0.05, 0) is 30.0 Å². The topological polar surface area (TPSA) is 18.5 Å². The number of ether oxygens (including phenoxy) is 2. The monoisotopic (exact) mass is 391 g/mol. The van der Waals surface area contributed by atoms with Crippen LogP contribution < -0.4 is 17.1 Å². The van der Waals surface area contributed by atoms with Crippen molar-refractivity contribution in [2.24, 2.45) is 5.92 Å². The zero-order valence-electron chi connectivity index (χ0n) is 17.2. The van der Waals surface area contributed by atoms with Crippen LogP contribution in [0, 0.1) is 5.92 Å². The fraction of sp³-hybridized carbons (Fsp3) is 0.478. The van der Waals surface area contributed by atoms with Crippen LogP contribution in [-0.2, 0) is 17.7 Å². The van der Waals surface area contributed by atoms with Gasteiger partial charge in [0.25, 0.3) is 0 Å². The van der Waals surface area contributed by atoms with E-state index in [9.17, 15) is 0 Å². The smallest absolute Gasteiger partial charge is 0.119 e. The molecule has 0 radical (unpaired) electrons. The molecule has 0 aliphatic rings. The summed E-state index contributed by atoms with van der Waals surface area (Å²) in [7, 11) is 4.51. The first-order chi connectivity index (χ1) is 12.4. The summed E-state index contributed by atoms with van der Waals surface area (Å²) < 4.78 is 12.3. The van der Waals surface area contributed by atoms with Crippen molar-refractivity contribution in [1.29, 1.82) is 0 Å². The van der Waals surface area contributed by atoms with Crippen LogP contribution in [0.5, 0.6) is 5.75 Å². The van der Waals surface area contributed by atoms with Gasteiger partial charge in [-0.3, -0.25) is 0 Å². The summed E-state index contributed by atoms with van der Waals surface area (Å²) in [5.41, 5.74) is 2.81. The van der Waals surface area contributed by atoms with Crippen molar-refractivity contribution in [2.45, 2.75) is 26.8 Å². The highest BCUT2D eigenvalue weighted by molar-refractivity contribution is 5.22. The molecular formula is C23H34ClNO2. The van der Waals surface area contributed by atoms with E-state index in [1.54, 1.807) is 0 Å². The lowest BCUT2D eigenvalue weighted by Gasteiger charge is -2.29. The fourth-order valence-corrected chi connectivity index (χ4v) is 2.97. The van der Waals surface area contributed by atoms with E-state index in [0.29, 0.717) is 19.1 Å². The minimum absolute atomic E-state index is 0. The Morgan fingerprint density at radius 3 is 2.07 bits per heavy atom. The predicted octanol–water partition coefficient (Wildman–Crippen LogP) is 1.56. The molecule has 2 rings (SSSR count). The molecule has 0 aliphatic carbocycles. The summed E-state index contributed by atoms with van der Waals surface area (Å²) in [5, 5.41) is 0. The van der Waals surface area contributed by atoms with Gasteiger partial charge in [-0.15, -0.1) is 0 Å². The molecule has 2 aromatic rings. The van der Waals surface area contributed by atoms with E-state index < -0.39 is 0 Å². The molecule has 27 heavy (non-hydrogen) atoms. The summed E-state index contributed by atoms with van der Waals surface area (Å²) in [6.45, 7) is 8.49. The molecule has 0 fully saturated rings. The predicted molar refractivity (Wildman–Crippen MR) is 108 cm³/mol. The van der Waals surface area contributed by atoms with Crippen LogP contribution in [0.15, 0.2) is 54.6 Å². The normalized spacial score (nSPS) is 11.3. The van der Waals surface area contributed by atoms with Crippen LogP contribution in [0.2, 0.25) is 0 Å². The fourth-order valence-electron chi connectivity index (χ4n) is 2.97. The summed E-state index contributed by atoms with van der Waals surface area (Å²) in [5.74, 6) is 1.60. The molecule has 0 spiro atoms. The highest BCUT2D eigenvalue weighted by atomic mass is 35.5. The number of para-hydroxylation sites is 1. The van der Waals surface area contributed by atoms with Crippen molar-refractivity contribution in [3.05, 3.63) is 65.7 Å². The van der Waals surface area contributed by atoms with Crippen molar-refractivity contribution in [3.8, 4) is 5.75 Å². The molecule has 0 unspecified atom stereocenters. The Labute approximate surface area is 171 Å². The van der Waals surface area contributed by atoms with Gasteiger partial charge in [0.1, 0.15) is 25.4 Å². The maximum Gasteiger partial charge on any atom is 0.119 e. The molecule has 0 atom stereocenters. The molecule has 3 nitrogen and oxygen atoms in total. The van der Waals surface area contributed by atoms with Gasteiger partial charge >= 0.3 is 0 Å². The number of benzene rings is 2. The van der Waals surface area contributed by atoms with Crippen LogP contribution >= 0.6 is 0 Å². The second-order valence-corrected chi connectivity index (χ2v) is 8.01. The Hall–Kier alpha value is -1.55. The number of hydrogen-bond acceptors (Lipinski definition) is 2. The summed E-state index contributed by atoms with van der Waals surface area (Å²) in [6, 6.07) is 19.0. The van der Waals surface area contributed by atoms with Crippen molar-refractivity contribution in [1.82, 2.24) is 0 Å². The molecule has 0 aromatic heterocycles. The van der Waals surface area contributed by atoms with Crippen molar-refractivity contribution >= 4 is 0 Å². The molecule has 0 amide bonds. The van der Waals surface area contributed by atoms with Crippen molar-refractivity contribution < 1.29 is 26.4 Å². The lowest BCUT2D eigenvalue weighted by Crippen LogP contribution is -3.00. The van der Waals surface area contributed by atoms with Crippen LogP contribution in [0.3, 0.4) is 0 Å². The lowest BCUT2D eigenvalue weighted by atomic mass is 10.0. The molecule has 150 valence electrons. The molecule has 2 aromatic carbocycles.